The van der Waals surface area contributed by atoms with Gasteiger partial charge in [0.1, 0.15) is 5.69 Å². The quantitative estimate of drug-likeness (QED) is 0.470. The highest BCUT2D eigenvalue weighted by Gasteiger charge is 2.05. The normalized spacial score (nSPS) is 10.8. The van der Waals surface area contributed by atoms with E-state index in [1.165, 1.54) is 0 Å². The fourth-order valence-corrected chi connectivity index (χ4v) is 3.00. The highest BCUT2D eigenvalue weighted by Crippen LogP contribution is 2.18. The van der Waals surface area contributed by atoms with Gasteiger partial charge < -0.3 is 4.98 Å². The van der Waals surface area contributed by atoms with Gasteiger partial charge in [-0.1, -0.05) is 36.3 Å². The Hall–Kier alpha value is -3.84. The molecule has 0 fully saturated rings. The van der Waals surface area contributed by atoms with Gasteiger partial charge in [0.2, 0.25) is 0 Å². The molecule has 0 aliphatic rings. The summed E-state index contributed by atoms with van der Waals surface area (Å²) < 4.78 is 1.79. The molecule has 0 aliphatic heterocycles. The Morgan fingerprint density at radius 3 is 2.81 bits per heavy atom. The van der Waals surface area contributed by atoms with E-state index in [0.29, 0.717) is 0 Å². The van der Waals surface area contributed by atoms with Gasteiger partial charge in [0.15, 0.2) is 5.65 Å². The van der Waals surface area contributed by atoms with Gasteiger partial charge in [0.05, 0.1) is 11.9 Å². The molecule has 0 saturated heterocycles. The average molecular weight is 333 g/mol. The van der Waals surface area contributed by atoms with Crippen molar-refractivity contribution >= 4 is 16.6 Å². The topological polar surface area (TPSA) is 46.0 Å². The van der Waals surface area contributed by atoms with Crippen molar-refractivity contribution < 1.29 is 0 Å². The monoisotopic (exact) mass is 333 g/mol. The van der Waals surface area contributed by atoms with Crippen LogP contribution in [0.3, 0.4) is 0 Å². The Bertz CT molecular complexity index is 1280. The fraction of sp³-hybridized carbons (Fsp3) is 0. The van der Waals surface area contributed by atoms with Gasteiger partial charge in [-0.3, -0.25) is 0 Å². The van der Waals surface area contributed by atoms with Gasteiger partial charge in [-0.05, 0) is 42.3 Å². The zero-order chi connectivity index (χ0) is 17.3. The highest BCUT2D eigenvalue weighted by atomic mass is 15.3. The molecule has 0 atom stereocenters. The molecule has 4 nitrogen and oxygen atoms in total. The van der Waals surface area contributed by atoms with Crippen LogP contribution in [0.15, 0.2) is 73.1 Å². The van der Waals surface area contributed by atoms with E-state index in [9.17, 15) is 0 Å². The lowest BCUT2D eigenvalue weighted by atomic mass is 10.1. The van der Waals surface area contributed by atoms with Crippen LogP contribution in [0.1, 0.15) is 11.3 Å². The van der Waals surface area contributed by atoms with Crippen molar-refractivity contribution in [3.05, 3.63) is 90.4 Å². The van der Waals surface area contributed by atoms with Gasteiger partial charge in [-0.25, -0.2) is 9.50 Å². The van der Waals surface area contributed by atoms with E-state index >= 15 is 0 Å². The van der Waals surface area contributed by atoms with Crippen molar-refractivity contribution in [1.29, 1.82) is 0 Å². The van der Waals surface area contributed by atoms with Crippen LogP contribution in [-0.2, 0) is 0 Å². The first-order valence-electron chi connectivity index (χ1n) is 8.28. The van der Waals surface area contributed by atoms with Crippen LogP contribution in [0.25, 0.3) is 27.8 Å². The van der Waals surface area contributed by atoms with Crippen LogP contribution >= 0.6 is 0 Å². The molecule has 0 spiro atoms. The number of aromatic amines is 1. The van der Waals surface area contributed by atoms with E-state index in [2.05, 4.69) is 27.9 Å². The third kappa shape index (κ3) is 2.43. The lowest BCUT2D eigenvalue weighted by molar-refractivity contribution is 0.930. The van der Waals surface area contributed by atoms with Crippen LogP contribution < -0.4 is 0 Å². The molecular weight excluding hydrogens is 320 g/mol. The third-order valence-electron chi connectivity index (χ3n) is 4.30. The SMILES string of the molecule is C(#Cc1cnc2ccc(-c3cc[c]cc3)nn12)c1cccc2[nH]ccc12. The molecule has 4 heteroatoms. The Labute approximate surface area is 150 Å². The summed E-state index contributed by atoms with van der Waals surface area (Å²) in [6.07, 6.45) is 3.68. The van der Waals surface area contributed by atoms with Gasteiger partial charge in [-0.2, -0.15) is 5.10 Å². The molecule has 26 heavy (non-hydrogen) atoms. The van der Waals surface area contributed by atoms with Gasteiger partial charge in [0.25, 0.3) is 0 Å². The lowest BCUT2D eigenvalue weighted by Crippen LogP contribution is -1.96. The number of hydrogen-bond acceptors (Lipinski definition) is 2. The second kappa shape index (κ2) is 5.91. The van der Waals surface area contributed by atoms with E-state index in [0.717, 1.165) is 39.1 Å². The maximum atomic E-state index is 4.70. The molecule has 121 valence electrons. The van der Waals surface area contributed by atoms with E-state index in [1.807, 2.05) is 66.9 Å². The number of aromatic nitrogens is 4. The lowest BCUT2D eigenvalue weighted by Gasteiger charge is -2.01. The van der Waals surface area contributed by atoms with Gasteiger partial charge in [-0.15, -0.1) is 0 Å². The van der Waals surface area contributed by atoms with Crippen LogP contribution in [0, 0.1) is 17.9 Å². The first-order chi connectivity index (χ1) is 12.9. The molecule has 3 aromatic heterocycles. The summed E-state index contributed by atoms with van der Waals surface area (Å²) in [6.45, 7) is 0. The standard InChI is InChI=1S/C22H13N4/c1-2-5-17(6-3-1)20-11-12-22-24-15-18(26(22)25-20)10-9-16-7-4-8-21-19(16)13-14-23-21/h2-8,11-15,23H. The predicted octanol–water partition coefficient (Wildman–Crippen LogP) is 4.08. The van der Waals surface area contributed by atoms with Crippen molar-refractivity contribution in [2.45, 2.75) is 0 Å². The molecule has 0 amide bonds. The maximum absolute atomic E-state index is 4.70. The van der Waals surface area contributed by atoms with Crippen LogP contribution in [0.4, 0.5) is 0 Å². The molecule has 5 rings (SSSR count). The number of benzene rings is 2. The van der Waals surface area contributed by atoms with E-state index < -0.39 is 0 Å². The number of imidazole rings is 1. The van der Waals surface area contributed by atoms with Gasteiger partial charge >= 0.3 is 0 Å². The molecule has 0 bridgehead atoms. The fourth-order valence-electron chi connectivity index (χ4n) is 3.00. The summed E-state index contributed by atoms with van der Waals surface area (Å²) in [5.74, 6) is 6.46. The first kappa shape index (κ1) is 14.5. The summed E-state index contributed by atoms with van der Waals surface area (Å²) in [5, 5.41) is 5.82. The highest BCUT2D eigenvalue weighted by molar-refractivity contribution is 5.85. The molecule has 1 N–H and O–H groups in total. The number of fused-ring (bicyclic) bond motifs is 2. The summed E-state index contributed by atoms with van der Waals surface area (Å²) in [6, 6.07) is 22.8. The molecule has 1 radical (unpaired) electrons. The molecule has 0 unspecified atom stereocenters. The third-order valence-corrected chi connectivity index (χ3v) is 4.30. The zero-order valence-corrected chi connectivity index (χ0v) is 13.8. The number of nitrogens with zero attached hydrogens (tertiary/aromatic N) is 3. The minimum absolute atomic E-state index is 0.761. The second-order valence-electron chi connectivity index (χ2n) is 5.92. The van der Waals surface area contributed by atoms with Crippen molar-refractivity contribution in [3.8, 4) is 23.1 Å². The largest absolute Gasteiger partial charge is 0.361 e. The summed E-state index contributed by atoms with van der Waals surface area (Å²) in [7, 11) is 0. The van der Waals surface area contributed by atoms with Crippen molar-refractivity contribution in [2.24, 2.45) is 0 Å². The molecule has 0 aliphatic carbocycles. The number of H-pyrrole nitrogens is 1. The van der Waals surface area contributed by atoms with E-state index in [4.69, 9.17) is 5.10 Å². The predicted molar refractivity (Wildman–Crippen MR) is 102 cm³/mol. The van der Waals surface area contributed by atoms with Crippen molar-refractivity contribution in [1.82, 2.24) is 19.6 Å². The zero-order valence-electron chi connectivity index (χ0n) is 13.8. The first-order valence-corrected chi connectivity index (χ1v) is 8.28. The Morgan fingerprint density at radius 1 is 0.962 bits per heavy atom. The minimum Gasteiger partial charge on any atom is -0.361 e. The minimum atomic E-state index is 0.761. The Balaban J connectivity index is 1.61. The smallest absolute Gasteiger partial charge is 0.154 e. The second-order valence-corrected chi connectivity index (χ2v) is 5.92. The van der Waals surface area contributed by atoms with Crippen LogP contribution in [0.5, 0.6) is 0 Å². The van der Waals surface area contributed by atoms with Gasteiger partial charge in [0, 0.05) is 28.2 Å². The molecular formula is C22H13N4. The van der Waals surface area contributed by atoms with Crippen LogP contribution in [0.2, 0.25) is 0 Å². The summed E-state index contributed by atoms with van der Waals surface area (Å²) in [4.78, 5) is 7.61. The van der Waals surface area contributed by atoms with E-state index in [1.54, 1.807) is 10.7 Å². The van der Waals surface area contributed by atoms with Crippen LogP contribution in [-0.4, -0.2) is 19.6 Å². The van der Waals surface area contributed by atoms with E-state index in [-0.39, 0.29) is 0 Å². The number of rotatable bonds is 1. The Kier molecular flexibility index (Phi) is 3.29. The molecule has 3 heterocycles. The van der Waals surface area contributed by atoms with Crippen molar-refractivity contribution in [2.75, 3.05) is 0 Å². The molecule has 0 saturated carbocycles. The number of hydrogen-bond donors (Lipinski definition) is 1. The molecule has 2 aromatic carbocycles. The average Bonchev–Trinajstić information content (AvgIpc) is 3.33. The summed E-state index contributed by atoms with van der Waals surface area (Å²) in [5.41, 5.74) is 5.51. The Morgan fingerprint density at radius 2 is 1.88 bits per heavy atom. The van der Waals surface area contributed by atoms with Crippen molar-refractivity contribution in [3.63, 3.8) is 0 Å². The summed E-state index contributed by atoms with van der Waals surface area (Å²) >= 11 is 0. The molecule has 5 aromatic rings. The number of nitrogens with one attached hydrogen (secondary N) is 1. The maximum Gasteiger partial charge on any atom is 0.154 e.